The number of carbonyl (C=O) groups excluding carboxylic acids is 1. The van der Waals surface area contributed by atoms with Crippen LogP contribution < -0.4 is 4.72 Å². The number of sulfonamides is 1. The Balaban J connectivity index is 1.98. The Kier molecular flexibility index (Phi) is 5.41. The summed E-state index contributed by atoms with van der Waals surface area (Å²) in [7, 11) is -4.14. The molecule has 0 atom stereocenters. The summed E-state index contributed by atoms with van der Waals surface area (Å²) in [6, 6.07) is 7.33. The first kappa shape index (κ1) is 18.9. The fraction of sp³-hybridized carbons (Fsp3) is 0.235. The molecule has 138 valence electrons. The predicted octanol–water partition coefficient (Wildman–Crippen LogP) is 4.17. The van der Waals surface area contributed by atoms with Crippen molar-refractivity contribution in [2.24, 2.45) is 0 Å². The first-order valence-corrected chi connectivity index (χ1v) is 10.1. The number of benzene rings is 2. The van der Waals surface area contributed by atoms with Gasteiger partial charge in [0.2, 0.25) is 0 Å². The van der Waals surface area contributed by atoms with E-state index < -0.39 is 15.8 Å². The molecular weight excluding hydrogens is 402 g/mol. The lowest BCUT2D eigenvalue weighted by molar-refractivity contribution is 0.0794. The molecule has 0 unspecified atom stereocenters. The van der Waals surface area contributed by atoms with Crippen molar-refractivity contribution in [2.45, 2.75) is 17.7 Å². The van der Waals surface area contributed by atoms with E-state index in [0.29, 0.717) is 13.1 Å². The number of likely N-dealkylation sites (tertiary alicyclic amines) is 1. The summed E-state index contributed by atoms with van der Waals surface area (Å²) in [6.45, 7) is 1.24. The van der Waals surface area contributed by atoms with Crippen molar-refractivity contribution in [1.82, 2.24) is 4.90 Å². The van der Waals surface area contributed by atoms with Crippen LogP contribution in [0.4, 0.5) is 10.1 Å². The Morgan fingerprint density at radius 3 is 2.42 bits per heavy atom. The first-order valence-electron chi connectivity index (χ1n) is 7.84. The van der Waals surface area contributed by atoms with Crippen LogP contribution in [-0.2, 0) is 10.0 Å². The number of anilines is 1. The number of nitrogens with zero attached hydrogens (tertiary/aromatic N) is 1. The summed E-state index contributed by atoms with van der Waals surface area (Å²) >= 11 is 11.8. The summed E-state index contributed by atoms with van der Waals surface area (Å²) in [4.78, 5) is 14.1. The van der Waals surface area contributed by atoms with Crippen LogP contribution in [0.2, 0.25) is 10.0 Å². The van der Waals surface area contributed by atoms with Gasteiger partial charge in [-0.25, -0.2) is 12.8 Å². The lowest BCUT2D eigenvalue weighted by Crippen LogP contribution is -2.29. The molecule has 5 nitrogen and oxygen atoms in total. The molecule has 0 bridgehead atoms. The van der Waals surface area contributed by atoms with Crippen LogP contribution in [0, 0.1) is 5.82 Å². The van der Waals surface area contributed by atoms with Crippen molar-refractivity contribution in [2.75, 3.05) is 17.8 Å². The highest BCUT2D eigenvalue weighted by molar-refractivity contribution is 7.92. The highest BCUT2D eigenvalue weighted by atomic mass is 35.5. The highest BCUT2D eigenvalue weighted by Crippen LogP contribution is 2.29. The SMILES string of the molecule is O=C(c1ccc(Cl)cc1NS(=O)(=O)c1ccc(F)cc1Cl)N1CCCC1. The van der Waals surface area contributed by atoms with Gasteiger partial charge in [-0.05, 0) is 49.2 Å². The van der Waals surface area contributed by atoms with Gasteiger partial charge in [-0.2, -0.15) is 0 Å². The average Bonchev–Trinajstić information content (AvgIpc) is 3.08. The third-order valence-corrected chi connectivity index (χ3v) is 6.12. The van der Waals surface area contributed by atoms with Crippen LogP contribution >= 0.6 is 23.2 Å². The summed E-state index contributed by atoms with van der Waals surface area (Å²) in [5.74, 6) is -0.927. The van der Waals surface area contributed by atoms with Gasteiger partial charge in [-0.15, -0.1) is 0 Å². The second-order valence-corrected chi connectivity index (χ2v) is 8.36. The van der Waals surface area contributed by atoms with Crippen molar-refractivity contribution in [3.05, 3.63) is 57.8 Å². The number of rotatable bonds is 4. The molecule has 1 aliphatic heterocycles. The summed E-state index contributed by atoms with van der Waals surface area (Å²) in [5, 5.41) is 0.0119. The van der Waals surface area contributed by atoms with E-state index in [0.717, 1.165) is 31.0 Å². The van der Waals surface area contributed by atoms with Gasteiger partial charge in [0.15, 0.2) is 0 Å². The summed E-state index contributed by atoms with van der Waals surface area (Å²) in [5.41, 5.74) is 0.243. The minimum absolute atomic E-state index is 0.0507. The minimum Gasteiger partial charge on any atom is -0.339 e. The molecule has 9 heteroatoms. The molecule has 3 rings (SSSR count). The van der Waals surface area contributed by atoms with Gasteiger partial charge in [0.25, 0.3) is 15.9 Å². The van der Waals surface area contributed by atoms with Crippen molar-refractivity contribution in [3.63, 3.8) is 0 Å². The first-order chi connectivity index (χ1) is 12.3. The molecule has 0 aliphatic carbocycles. The molecule has 0 aromatic heterocycles. The van der Waals surface area contributed by atoms with Gasteiger partial charge >= 0.3 is 0 Å². The van der Waals surface area contributed by atoms with Gasteiger partial charge in [0.1, 0.15) is 10.7 Å². The van der Waals surface area contributed by atoms with E-state index in [1.54, 1.807) is 4.90 Å². The van der Waals surface area contributed by atoms with Crippen LogP contribution in [0.1, 0.15) is 23.2 Å². The molecule has 0 saturated carbocycles. The third-order valence-electron chi connectivity index (χ3n) is 4.03. The van der Waals surface area contributed by atoms with E-state index in [1.165, 1.54) is 18.2 Å². The van der Waals surface area contributed by atoms with Gasteiger partial charge in [-0.1, -0.05) is 23.2 Å². The molecule has 1 fully saturated rings. The Morgan fingerprint density at radius 1 is 1.08 bits per heavy atom. The molecular formula is C17H15Cl2FN2O3S. The standard InChI is InChI=1S/C17H15Cl2FN2O3S/c18-11-3-5-13(17(23)22-7-1-2-8-22)15(9-11)21-26(24,25)16-6-4-12(20)10-14(16)19/h3-6,9-10,21H,1-2,7-8H2. The Labute approximate surface area is 160 Å². The maximum atomic E-state index is 13.2. The van der Waals surface area contributed by atoms with Gasteiger partial charge in [0.05, 0.1) is 16.3 Å². The number of hydrogen-bond donors (Lipinski definition) is 1. The predicted molar refractivity (Wildman–Crippen MR) is 98.8 cm³/mol. The lowest BCUT2D eigenvalue weighted by Gasteiger charge is -2.19. The Bertz CT molecular complexity index is 960. The zero-order valence-electron chi connectivity index (χ0n) is 13.5. The van der Waals surface area contributed by atoms with Crippen molar-refractivity contribution in [1.29, 1.82) is 0 Å². The normalized spacial score (nSPS) is 14.5. The van der Waals surface area contributed by atoms with E-state index >= 15 is 0 Å². The van der Waals surface area contributed by atoms with E-state index in [4.69, 9.17) is 23.2 Å². The van der Waals surface area contributed by atoms with Crippen LogP contribution in [-0.4, -0.2) is 32.3 Å². The van der Waals surface area contributed by atoms with Crippen molar-refractivity contribution in [3.8, 4) is 0 Å². The second-order valence-electron chi connectivity index (χ2n) is 5.87. The Hall–Kier alpha value is -1.83. The number of halogens is 3. The molecule has 2 aromatic carbocycles. The molecule has 1 saturated heterocycles. The number of amides is 1. The molecule has 1 amide bonds. The monoisotopic (exact) mass is 416 g/mol. The minimum atomic E-state index is -4.14. The zero-order valence-corrected chi connectivity index (χ0v) is 15.8. The molecule has 1 heterocycles. The molecule has 0 spiro atoms. The fourth-order valence-electron chi connectivity index (χ4n) is 2.77. The number of nitrogens with one attached hydrogen (secondary N) is 1. The van der Waals surface area contributed by atoms with Crippen molar-refractivity contribution < 1.29 is 17.6 Å². The van der Waals surface area contributed by atoms with E-state index in [9.17, 15) is 17.6 Å². The van der Waals surface area contributed by atoms with Crippen molar-refractivity contribution >= 4 is 44.8 Å². The van der Waals surface area contributed by atoms with Gasteiger partial charge in [0, 0.05) is 18.1 Å². The lowest BCUT2D eigenvalue weighted by atomic mass is 10.1. The summed E-state index contributed by atoms with van der Waals surface area (Å²) in [6.07, 6.45) is 1.82. The Morgan fingerprint density at radius 2 is 1.77 bits per heavy atom. The van der Waals surface area contributed by atoms with Crippen LogP contribution in [0.3, 0.4) is 0 Å². The molecule has 0 radical (unpaired) electrons. The largest absolute Gasteiger partial charge is 0.339 e. The van der Waals surface area contributed by atoms with Crippen LogP contribution in [0.5, 0.6) is 0 Å². The smallest absolute Gasteiger partial charge is 0.263 e. The van der Waals surface area contributed by atoms with Gasteiger partial charge < -0.3 is 4.90 Å². The highest BCUT2D eigenvalue weighted by Gasteiger charge is 2.25. The second kappa shape index (κ2) is 7.42. The van der Waals surface area contributed by atoms with Crippen LogP contribution in [0.15, 0.2) is 41.3 Å². The van der Waals surface area contributed by atoms with E-state index in [-0.39, 0.29) is 32.1 Å². The maximum absolute atomic E-state index is 13.2. The fourth-order valence-corrected chi connectivity index (χ4v) is 4.55. The topological polar surface area (TPSA) is 66.5 Å². The van der Waals surface area contributed by atoms with E-state index in [2.05, 4.69) is 4.72 Å². The number of hydrogen-bond acceptors (Lipinski definition) is 3. The quantitative estimate of drug-likeness (QED) is 0.812. The third kappa shape index (κ3) is 3.95. The van der Waals surface area contributed by atoms with Crippen LogP contribution in [0.25, 0.3) is 0 Å². The molecule has 1 N–H and O–H groups in total. The van der Waals surface area contributed by atoms with E-state index in [1.807, 2.05) is 0 Å². The maximum Gasteiger partial charge on any atom is 0.263 e. The van der Waals surface area contributed by atoms with Gasteiger partial charge in [-0.3, -0.25) is 9.52 Å². The summed E-state index contributed by atoms with van der Waals surface area (Å²) < 4.78 is 40.8. The molecule has 2 aromatic rings. The molecule has 26 heavy (non-hydrogen) atoms. The average molecular weight is 417 g/mol. The molecule has 1 aliphatic rings. The number of carbonyl (C=O) groups is 1. The zero-order chi connectivity index (χ0) is 18.9.